The summed E-state index contributed by atoms with van der Waals surface area (Å²) in [7, 11) is 1.71. The van der Waals surface area contributed by atoms with Crippen molar-refractivity contribution in [3.05, 3.63) is 89.1 Å². The molecule has 0 fully saturated rings. The third kappa shape index (κ3) is 4.24. The molecule has 1 amide bonds. The van der Waals surface area contributed by atoms with E-state index < -0.39 is 0 Å². The van der Waals surface area contributed by atoms with Crippen molar-refractivity contribution in [3.63, 3.8) is 0 Å². The molecule has 0 radical (unpaired) electrons. The van der Waals surface area contributed by atoms with E-state index in [0.717, 1.165) is 16.0 Å². The minimum absolute atomic E-state index is 0.221. The molecule has 0 aliphatic heterocycles. The maximum Gasteiger partial charge on any atom is 0.258 e. The molecule has 0 spiro atoms. The van der Waals surface area contributed by atoms with Crippen molar-refractivity contribution >= 4 is 17.2 Å². The van der Waals surface area contributed by atoms with Gasteiger partial charge in [-0.05, 0) is 55.1 Å². The van der Waals surface area contributed by atoms with E-state index in [-0.39, 0.29) is 17.8 Å². The summed E-state index contributed by atoms with van der Waals surface area (Å²) >= 11 is 1.49. The van der Waals surface area contributed by atoms with Gasteiger partial charge in [0.1, 0.15) is 23.5 Å². The maximum absolute atomic E-state index is 13.6. The van der Waals surface area contributed by atoms with Crippen molar-refractivity contribution in [2.75, 3.05) is 7.05 Å². The first-order valence-electron chi connectivity index (χ1n) is 10.8. The van der Waals surface area contributed by atoms with Crippen molar-refractivity contribution in [1.82, 2.24) is 29.8 Å². The molecule has 1 aromatic carbocycles. The highest BCUT2D eigenvalue weighted by molar-refractivity contribution is 7.13. The lowest BCUT2D eigenvalue weighted by atomic mass is 10.1. The molecule has 10 heteroatoms. The molecule has 0 unspecified atom stereocenters. The number of thiophene rings is 1. The van der Waals surface area contributed by atoms with Crippen LogP contribution in [0.3, 0.4) is 0 Å². The van der Waals surface area contributed by atoms with Crippen LogP contribution in [0.1, 0.15) is 34.6 Å². The quantitative estimate of drug-likeness (QED) is 0.321. The highest BCUT2D eigenvalue weighted by Gasteiger charge is 2.28. The zero-order chi connectivity index (χ0) is 24.5. The summed E-state index contributed by atoms with van der Waals surface area (Å²) in [6, 6.07) is 11.4. The van der Waals surface area contributed by atoms with E-state index >= 15 is 0 Å². The first-order chi connectivity index (χ1) is 16.9. The van der Waals surface area contributed by atoms with Gasteiger partial charge < -0.3 is 9.42 Å². The number of amides is 1. The number of aryl methyl sites for hydroxylation is 1. The monoisotopic (exact) mass is 488 g/mol. The number of aromatic nitrogens is 5. The average Bonchev–Trinajstić information content (AvgIpc) is 3.65. The van der Waals surface area contributed by atoms with Crippen molar-refractivity contribution in [2.45, 2.75) is 19.9 Å². The molecule has 176 valence electrons. The number of benzene rings is 1. The summed E-state index contributed by atoms with van der Waals surface area (Å²) < 4.78 is 20.0. The normalized spacial score (nSPS) is 12.0. The molecule has 0 saturated heterocycles. The van der Waals surface area contributed by atoms with E-state index in [1.807, 2.05) is 31.4 Å². The minimum atomic E-state index is -0.320. The van der Waals surface area contributed by atoms with Crippen molar-refractivity contribution in [2.24, 2.45) is 0 Å². The Hall–Kier alpha value is -4.18. The molecule has 1 atom stereocenters. The molecule has 4 aromatic heterocycles. The van der Waals surface area contributed by atoms with Crippen LogP contribution in [0.25, 0.3) is 27.8 Å². The molecule has 0 aliphatic carbocycles. The van der Waals surface area contributed by atoms with E-state index in [0.29, 0.717) is 28.6 Å². The lowest BCUT2D eigenvalue weighted by Gasteiger charge is -2.23. The summed E-state index contributed by atoms with van der Waals surface area (Å²) in [6.07, 6.45) is 4.71. The largest absolute Gasteiger partial charge is 0.364 e. The number of nitrogens with zero attached hydrogens (tertiary/aromatic N) is 6. The number of carbonyl (C=O) groups excluding carboxylic acids is 1. The molecular formula is C25H21FN6O2S. The fraction of sp³-hybridized carbons (Fsp3) is 0.160. The highest BCUT2D eigenvalue weighted by Crippen LogP contribution is 2.32. The predicted octanol–water partition coefficient (Wildman–Crippen LogP) is 5.33. The van der Waals surface area contributed by atoms with E-state index in [2.05, 4.69) is 15.2 Å². The smallest absolute Gasteiger partial charge is 0.258 e. The van der Waals surface area contributed by atoms with Gasteiger partial charge in [0.25, 0.3) is 11.9 Å². The second-order valence-electron chi connectivity index (χ2n) is 8.02. The summed E-state index contributed by atoms with van der Waals surface area (Å²) in [5.41, 5.74) is 3.91. The molecule has 0 N–H and O–H groups in total. The lowest BCUT2D eigenvalue weighted by molar-refractivity contribution is 0.0738. The molecular weight excluding hydrogens is 467 g/mol. The average molecular weight is 489 g/mol. The van der Waals surface area contributed by atoms with Gasteiger partial charge in [0, 0.05) is 24.9 Å². The van der Waals surface area contributed by atoms with E-state index in [4.69, 9.17) is 9.51 Å². The second kappa shape index (κ2) is 9.22. The van der Waals surface area contributed by atoms with Crippen LogP contribution in [0, 0.1) is 12.7 Å². The number of hydrogen-bond acceptors (Lipinski definition) is 7. The Bertz CT molecular complexity index is 1460. The summed E-state index contributed by atoms with van der Waals surface area (Å²) in [5, 5.41) is 10.4. The second-order valence-corrected chi connectivity index (χ2v) is 8.97. The van der Waals surface area contributed by atoms with E-state index in [9.17, 15) is 9.18 Å². The first-order valence-corrected chi connectivity index (χ1v) is 11.7. The molecule has 0 bridgehead atoms. The van der Waals surface area contributed by atoms with Crippen LogP contribution in [0.2, 0.25) is 0 Å². The fourth-order valence-corrected chi connectivity index (χ4v) is 4.51. The maximum atomic E-state index is 13.6. The molecule has 8 nitrogen and oxygen atoms in total. The number of carbonyl (C=O) groups is 1. The van der Waals surface area contributed by atoms with Gasteiger partial charge in [-0.1, -0.05) is 11.2 Å². The van der Waals surface area contributed by atoms with Gasteiger partial charge in [-0.3, -0.25) is 4.79 Å². The Morgan fingerprint density at radius 2 is 1.97 bits per heavy atom. The Morgan fingerprint density at radius 3 is 2.66 bits per heavy atom. The van der Waals surface area contributed by atoms with Gasteiger partial charge in [-0.25, -0.2) is 14.4 Å². The summed E-state index contributed by atoms with van der Waals surface area (Å²) in [6.45, 7) is 3.77. The molecule has 4 heterocycles. The standard InChI is InChI=1S/C25H21FN6O2S/c1-15-13-27-25(29-22(15)17-6-8-18(26)9-7-17)32-23(21-5-4-12-35-21)19(14-28-32)24(33)31(3)16(2)20-10-11-34-30-20/h4-14,16H,1-3H3/t16-/m0/s1. The number of hydrogen-bond donors (Lipinski definition) is 0. The Kier molecular flexibility index (Phi) is 5.96. The van der Waals surface area contributed by atoms with Crippen molar-refractivity contribution in [1.29, 1.82) is 0 Å². The zero-order valence-corrected chi connectivity index (χ0v) is 20.0. The topological polar surface area (TPSA) is 89.9 Å². The van der Waals surface area contributed by atoms with Gasteiger partial charge in [0.05, 0.1) is 28.4 Å². The highest BCUT2D eigenvalue weighted by atomic mass is 32.1. The Morgan fingerprint density at radius 1 is 1.17 bits per heavy atom. The van der Waals surface area contributed by atoms with Crippen LogP contribution in [0.5, 0.6) is 0 Å². The Labute approximate surface area is 204 Å². The molecule has 35 heavy (non-hydrogen) atoms. The lowest BCUT2D eigenvalue weighted by Crippen LogP contribution is -2.30. The van der Waals surface area contributed by atoms with Crippen LogP contribution < -0.4 is 0 Å². The molecule has 0 aliphatic rings. The van der Waals surface area contributed by atoms with Crippen LogP contribution in [0.4, 0.5) is 4.39 Å². The first kappa shape index (κ1) is 22.6. The van der Waals surface area contributed by atoms with Crippen LogP contribution in [-0.4, -0.2) is 42.8 Å². The van der Waals surface area contributed by atoms with Gasteiger partial charge in [-0.15, -0.1) is 11.3 Å². The van der Waals surface area contributed by atoms with Crippen LogP contribution in [-0.2, 0) is 0 Å². The van der Waals surface area contributed by atoms with Gasteiger partial charge in [-0.2, -0.15) is 9.78 Å². The number of halogens is 1. The summed E-state index contributed by atoms with van der Waals surface area (Å²) in [5.74, 6) is -0.231. The Balaban J connectivity index is 1.59. The van der Waals surface area contributed by atoms with Gasteiger partial charge >= 0.3 is 0 Å². The predicted molar refractivity (Wildman–Crippen MR) is 130 cm³/mol. The van der Waals surface area contributed by atoms with Gasteiger partial charge in [0.15, 0.2) is 0 Å². The fourth-order valence-electron chi connectivity index (χ4n) is 3.74. The number of rotatable bonds is 6. The van der Waals surface area contributed by atoms with Gasteiger partial charge in [0.2, 0.25) is 0 Å². The van der Waals surface area contributed by atoms with Crippen LogP contribution >= 0.6 is 11.3 Å². The summed E-state index contributed by atoms with van der Waals surface area (Å²) in [4.78, 5) is 25.2. The molecule has 0 saturated carbocycles. The minimum Gasteiger partial charge on any atom is -0.364 e. The SMILES string of the molecule is Cc1cnc(-n2ncc(C(=O)N(C)[C@@H](C)c3ccon3)c2-c2cccs2)nc1-c1ccc(F)cc1. The third-order valence-electron chi connectivity index (χ3n) is 5.81. The zero-order valence-electron chi connectivity index (χ0n) is 19.2. The van der Waals surface area contributed by atoms with E-state index in [1.165, 1.54) is 35.9 Å². The van der Waals surface area contributed by atoms with Crippen molar-refractivity contribution < 1.29 is 13.7 Å². The molecule has 5 rings (SSSR count). The van der Waals surface area contributed by atoms with Crippen molar-refractivity contribution in [3.8, 4) is 27.8 Å². The third-order valence-corrected chi connectivity index (χ3v) is 6.68. The molecule has 5 aromatic rings. The van der Waals surface area contributed by atoms with E-state index in [1.54, 1.807) is 41.0 Å². The van der Waals surface area contributed by atoms with Crippen LogP contribution in [0.15, 0.2) is 71.0 Å².